The minimum absolute atomic E-state index is 0.0286. The van der Waals surface area contributed by atoms with Crippen molar-refractivity contribution in [3.05, 3.63) is 36.2 Å². The van der Waals surface area contributed by atoms with E-state index in [-0.39, 0.29) is 5.91 Å². The van der Waals surface area contributed by atoms with Gasteiger partial charge in [0.15, 0.2) is 0 Å². The predicted molar refractivity (Wildman–Crippen MR) is 76.5 cm³/mol. The highest BCUT2D eigenvalue weighted by Crippen LogP contribution is 2.38. The van der Waals surface area contributed by atoms with Gasteiger partial charge in [0.2, 0.25) is 5.76 Å². The van der Waals surface area contributed by atoms with Crippen LogP contribution < -0.4 is 0 Å². The number of hydrogen-bond acceptors (Lipinski definition) is 4. The van der Waals surface area contributed by atoms with Crippen molar-refractivity contribution in [2.45, 2.75) is 31.7 Å². The molecule has 108 valence electrons. The second-order valence-electron chi connectivity index (χ2n) is 5.84. The van der Waals surface area contributed by atoms with Crippen molar-refractivity contribution < 1.29 is 9.32 Å². The van der Waals surface area contributed by atoms with Crippen molar-refractivity contribution in [1.29, 1.82) is 0 Å². The maximum atomic E-state index is 12.6. The number of pyridine rings is 1. The number of likely N-dealkylation sites (tertiary alicyclic amines) is 1. The van der Waals surface area contributed by atoms with Gasteiger partial charge in [-0.1, -0.05) is 17.6 Å². The van der Waals surface area contributed by atoms with E-state index in [0.717, 1.165) is 25.1 Å². The Morgan fingerprint density at radius 3 is 3.05 bits per heavy atom. The molecule has 2 aromatic heterocycles. The first-order chi connectivity index (χ1) is 10.3. The maximum absolute atomic E-state index is 12.6. The summed E-state index contributed by atoms with van der Waals surface area (Å²) in [5.41, 5.74) is 1.33. The van der Waals surface area contributed by atoms with Crippen LogP contribution in [0.3, 0.4) is 0 Å². The van der Waals surface area contributed by atoms with Crippen LogP contribution in [0.2, 0.25) is 0 Å². The zero-order valence-corrected chi connectivity index (χ0v) is 11.7. The average molecular weight is 283 g/mol. The van der Waals surface area contributed by atoms with E-state index >= 15 is 0 Å². The standard InChI is InChI=1S/C16H17N3O2/c20-16(19-9-7-11-4-3-6-14(11)19)15-10-13(18-21-15)12-5-1-2-8-17-12/h1-2,5,8,10-11,14H,3-4,6-7,9H2/t11-,14-/m0/s1. The quantitative estimate of drug-likeness (QED) is 0.850. The molecule has 2 fully saturated rings. The Morgan fingerprint density at radius 2 is 2.19 bits per heavy atom. The van der Waals surface area contributed by atoms with E-state index in [1.807, 2.05) is 23.1 Å². The molecule has 1 amide bonds. The van der Waals surface area contributed by atoms with Crippen molar-refractivity contribution in [2.24, 2.45) is 5.92 Å². The molecule has 2 atom stereocenters. The first kappa shape index (κ1) is 12.6. The van der Waals surface area contributed by atoms with Gasteiger partial charge in [0, 0.05) is 24.8 Å². The molecule has 0 unspecified atom stereocenters. The number of aromatic nitrogens is 2. The third-order valence-corrected chi connectivity index (χ3v) is 4.67. The molecule has 0 radical (unpaired) electrons. The Hall–Kier alpha value is -2.17. The monoisotopic (exact) mass is 283 g/mol. The molecule has 2 aromatic rings. The fourth-order valence-electron chi connectivity index (χ4n) is 3.64. The molecule has 1 saturated carbocycles. The summed E-state index contributed by atoms with van der Waals surface area (Å²) in [7, 11) is 0. The smallest absolute Gasteiger partial charge is 0.292 e. The number of carbonyl (C=O) groups excluding carboxylic acids is 1. The lowest BCUT2D eigenvalue weighted by molar-refractivity contribution is 0.0686. The van der Waals surface area contributed by atoms with Crippen LogP contribution in [0.1, 0.15) is 36.2 Å². The minimum Gasteiger partial charge on any atom is -0.350 e. The number of amides is 1. The largest absolute Gasteiger partial charge is 0.350 e. The van der Waals surface area contributed by atoms with E-state index in [9.17, 15) is 4.79 Å². The van der Waals surface area contributed by atoms with Crippen molar-refractivity contribution in [3.8, 4) is 11.4 Å². The highest BCUT2D eigenvalue weighted by Gasteiger charge is 2.41. The van der Waals surface area contributed by atoms with Gasteiger partial charge in [-0.2, -0.15) is 0 Å². The molecule has 21 heavy (non-hydrogen) atoms. The molecule has 0 aromatic carbocycles. The van der Waals surface area contributed by atoms with Crippen molar-refractivity contribution in [2.75, 3.05) is 6.54 Å². The highest BCUT2D eigenvalue weighted by atomic mass is 16.5. The van der Waals surface area contributed by atoms with Gasteiger partial charge < -0.3 is 9.42 Å². The van der Waals surface area contributed by atoms with Crippen LogP contribution in [0.25, 0.3) is 11.4 Å². The SMILES string of the molecule is O=C(c1cc(-c2ccccn2)no1)N1CC[C@@H]2CCC[C@@H]21. The van der Waals surface area contributed by atoms with Gasteiger partial charge in [0.05, 0.1) is 5.69 Å². The maximum Gasteiger partial charge on any atom is 0.292 e. The minimum atomic E-state index is -0.0286. The molecule has 2 aliphatic rings. The molecule has 5 heteroatoms. The van der Waals surface area contributed by atoms with E-state index in [1.165, 1.54) is 12.8 Å². The number of rotatable bonds is 2. The summed E-state index contributed by atoms with van der Waals surface area (Å²) in [6.07, 6.45) is 6.43. The van der Waals surface area contributed by atoms with Crippen molar-refractivity contribution >= 4 is 5.91 Å². The average Bonchev–Trinajstić information content (AvgIpc) is 3.23. The van der Waals surface area contributed by atoms with Crippen molar-refractivity contribution in [3.63, 3.8) is 0 Å². The summed E-state index contributed by atoms with van der Waals surface area (Å²) in [5, 5.41) is 3.98. The molecule has 0 N–H and O–H groups in total. The summed E-state index contributed by atoms with van der Waals surface area (Å²) < 4.78 is 5.26. The molecule has 4 rings (SSSR count). The van der Waals surface area contributed by atoms with Crippen LogP contribution in [-0.2, 0) is 0 Å². The molecule has 1 aliphatic heterocycles. The molecular weight excluding hydrogens is 266 g/mol. The highest BCUT2D eigenvalue weighted by molar-refractivity contribution is 5.92. The third kappa shape index (κ3) is 2.13. The lowest BCUT2D eigenvalue weighted by Crippen LogP contribution is -2.35. The van der Waals surface area contributed by atoms with Gasteiger partial charge >= 0.3 is 0 Å². The molecule has 3 heterocycles. The molecule has 1 saturated heterocycles. The summed E-state index contributed by atoms with van der Waals surface area (Å²) >= 11 is 0. The zero-order valence-electron chi connectivity index (χ0n) is 11.7. The Kier molecular flexibility index (Phi) is 2.98. The topological polar surface area (TPSA) is 59.2 Å². The predicted octanol–water partition coefficient (Wildman–Crippen LogP) is 2.75. The summed E-state index contributed by atoms with van der Waals surface area (Å²) in [6, 6.07) is 7.70. The molecular formula is C16H17N3O2. The third-order valence-electron chi connectivity index (χ3n) is 4.67. The van der Waals surface area contributed by atoms with Crippen molar-refractivity contribution in [1.82, 2.24) is 15.0 Å². The molecule has 5 nitrogen and oxygen atoms in total. The van der Waals surface area contributed by atoms with Crippen LogP contribution in [-0.4, -0.2) is 33.5 Å². The Labute approximate surface area is 123 Å². The zero-order chi connectivity index (χ0) is 14.2. The molecule has 0 spiro atoms. The van der Waals surface area contributed by atoms with E-state index in [2.05, 4.69) is 10.1 Å². The van der Waals surface area contributed by atoms with E-state index < -0.39 is 0 Å². The first-order valence-electron chi connectivity index (χ1n) is 7.52. The van der Waals surface area contributed by atoms with Gasteiger partial charge in [0.25, 0.3) is 5.91 Å². The Morgan fingerprint density at radius 1 is 1.24 bits per heavy atom. The van der Waals surface area contributed by atoms with Crippen LogP contribution in [0.15, 0.2) is 35.0 Å². The van der Waals surface area contributed by atoms with Gasteiger partial charge in [-0.05, 0) is 37.3 Å². The van der Waals surface area contributed by atoms with Gasteiger partial charge in [-0.25, -0.2) is 0 Å². The first-order valence-corrected chi connectivity index (χ1v) is 7.52. The summed E-state index contributed by atoms with van der Waals surface area (Å²) in [4.78, 5) is 18.8. The number of fused-ring (bicyclic) bond motifs is 1. The number of nitrogens with zero attached hydrogens (tertiary/aromatic N) is 3. The Balaban J connectivity index is 1.57. The van der Waals surface area contributed by atoms with Crippen LogP contribution in [0, 0.1) is 5.92 Å². The number of carbonyl (C=O) groups is 1. The van der Waals surface area contributed by atoms with Crippen LogP contribution >= 0.6 is 0 Å². The lowest BCUT2D eigenvalue weighted by Gasteiger charge is -2.22. The molecule has 1 aliphatic carbocycles. The van der Waals surface area contributed by atoms with E-state index in [1.54, 1.807) is 12.3 Å². The summed E-state index contributed by atoms with van der Waals surface area (Å²) in [6.45, 7) is 0.841. The lowest BCUT2D eigenvalue weighted by atomic mass is 10.0. The Bertz CT molecular complexity index is 653. The number of hydrogen-bond donors (Lipinski definition) is 0. The van der Waals surface area contributed by atoms with E-state index in [0.29, 0.717) is 23.4 Å². The fraction of sp³-hybridized carbons (Fsp3) is 0.438. The molecule has 0 bridgehead atoms. The second-order valence-corrected chi connectivity index (χ2v) is 5.84. The van der Waals surface area contributed by atoms with Crippen LogP contribution in [0.4, 0.5) is 0 Å². The second kappa shape index (κ2) is 4.98. The van der Waals surface area contributed by atoms with Gasteiger partial charge in [-0.15, -0.1) is 0 Å². The normalized spacial score (nSPS) is 24.3. The van der Waals surface area contributed by atoms with Gasteiger partial charge in [-0.3, -0.25) is 9.78 Å². The van der Waals surface area contributed by atoms with Crippen LogP contribution in [0.5, 0.6) is 0 Å². The fourth-order valence-corrected chi connectivity index (χ4v) is 3.64. The summed E-state index contributed by atoms with van der Waals surface area (Å²) in [5.74, 6) is 0.981. The van der Waals surface area contributed by atoms with E-state index in [4.69, 9.17) is 4.52 Å². The van der Waals surface area contributed by atoms with Gasteiger partial charge in [0.1, 0.15) is 5.69 Å².